The Kier molecular flexibility index (Phi) is 6.38. The largest absolute Gasteiger partial charge is 0.357 e. The van der Waals surface area contributed by atoms with Gasteiger partial charge in [-0.1, -0.05) is 6.07 Å². The van der Waals surface area contributed by atoms with E-state index in [1.807, 2.05) is 18.4 Å². The summed E-state index contributed by atoms with van der Waals surface area (Å²) in [5.41, 5.74) is 0.666. The number of aliphatic imine (C=N–C) groups is 1. The second kappa shape index (κ2) is 8.78. The zero-order valence-corrected chi connectivity index (χ0v) is 13.2. The lowest BCUT2D eigenvalue weighted by Gasteiger charge is -2.10. The number of carbonyl (C=O) groups is 1. The molecule has 6 nitrogen and oxygen atoms in total. The van der Waals surface area contributed by atoms with Gasteiger partial charge in [-0.05, 0) is 30.5 Å². The average molecular weight is 317 g/mol. The summed E-state index contributed by atoms with van der Waals surface area (Å²) in [6, 6.07) is 7.61. The summed E-state index contributed by atoms with van der Waals surface area (Å²) in [6.45, 7) is 3.46. The lowest BCUT2D eigenvalue weighted by Crippen LogP contribution is -2.37. The number of nitrogens with zero attached hydrogens (tertiary/aromatic N) is 2. The number of nitrogens with one attached hydrogen (secondary N) is 3. The van der Waals surface area contributed by atoms with Crippen LogP contribution < -0.4 is 16.0 Å². The van der Waals surface area contributed by atoms with Crippen molar-refractivity contribution in [3.05, 3.63) is 46.9 Å². The van der Waals surface area contributed by atoms with Crippen LogP contribution in [0.4, 0.5) is 5.69 Å². The fraction of sp³-hybridized carbons (Fsp3) is 0.267. The highest BCUT2D eigenvalue weighted by atomic mass is 32.1. The minimum atomic E-state index is -0.179. The van der Waals surface area contributed by atoms with E-state index in [9.17, 15) is 4.79 Å². The molecular weight excluding hydrogens is 298 g/mol. The first kappa shape index (κ1) is 16.0. The van der Waals surface area contributed by atoms with Crippen LogP contribution in [0.5, 0.6) is 0 Å². The van der Waals surface area contributed by atoms with E-state index in [1.54, 1.807) is 35.9 Å². The number of hydrogen-bond donors (Lipinski definition) is 3. The van der Waals surface area contributed by atoms with Crippen molar-refractivity contribution in [2.75, 3.05) is 18.4 Å². The van der Waals surface area contributed by atoms with Gasteiger partial charge in [-0.3, -0.25) is 9.78 Å². The average Bonchev–Trinajstić information content (AvgIpc) is 3.04. The summed E-state index contributed by atoms with van der Waals surface area (Å²) < 4.78 is 0. The van der Waals surface area contributed by atoms with E-state index in [0.29, 0.717) is 18.2 Å². The maximum absolute atomic E-state index is 11.9. The van der Waals surface area contributed by atoms with Gasteiger partial charge >= 0.3 is 0 Å². The highest BCUT2D eigenvalue weighted by Gasteiger charge is 2.03. The first-order valence-corrected chi connectivity index (χ1v) is 7.90. The predicted octanol–water partition coefficient (Wildman–Crippen LogP) is 1.84. The van der Waals surface area contributed by atoms with Gasteiger partial charge in [-0.2, -0.15) is 0 Å². The molecule has 2 heterocycles. The number of aromatic nitrogens is 1. The van der Waals surface area contributed by atoms with Gasteiger partial charge in [0.2, 0.25) is 5.91 Å². The smallest absolute Gasteiger partial charge is 0.246 e. The Hall–Kier alpha value is -2.41. The maximum Gasteiger partial charge on any atom is 0.246 e. The molecule has 116 valence electrons. The van der Waals surface area contributed by atoms with Crippen LogP contribution >= 0.6 is 11.3 Å². The summed E-state index contributed by atoms with van der Waals surface area (Å²) in [6.07, 6.45) is 3.26. The van der Waals surface area contributed by atoms with E-state index in [1.165, 1.54) is 4.88 Å². The van der Waals surface area contributed by atoms with Gasteiger partial charge in [-0.15, -0.1) is 11.3 Å². The fourth-order valence-corrected chi connectivity index (χ4v) is 2.36. The van der Waals surface area contributed by atoms with E-state index in [4.69, 9.17) is 0 Å². The number of hydrogen-bond acceptors (Lipinski definition) is 4. The van der Waals surface area contributed by atoms with E-state index >= 15 is 0 Å². The molecule has 0 radical (unpaired) electrons. The fourth-order valence-electron chi connectivity index (χ4n) is 1.71. The standard InChI is InChI=1S/C15H19N5OS/c1-2-17-15(18-10-13-6-4-8-22-13)19-11-14(21)20-12-5-3-7-16-9-12/h3-9H,2,10-11H2,1H3,(H,20,21)(H2,17,18,19). The second-order valence-electron chi connectivity index (χ2n) is 4.42. The summed E-state index contributed by atoms with van der Waals surface area (Å²) in [7, 11) is 0. The van der Waals surface area contributed by atoms with Crippen molar-refractivity contribution < 1.29 is 4.79 Å². The third-order valence-corrected chi connectivity index (χ3v) is 3.56. The lowest BCUT2D eigenvalue weighted by molar-refractivity contribution is -0.114. The van der Waals surface area contributed by atoms with Crippen LogP contribution in [0.2, 0.25) is 0 Å². The Labute approximate surface area is 133 Å². The molecule has 0 aliphatic rings. The molecule has 0 aromatic carbocycles. The number of pyridine rings is 1. The first-order chi connectivity index (χ1) is 10.8. The molecule has 0 fully saturated rings. The van der Waals surface area contributed by atoms with Crippen molar-refractivity contribution in [2.45, 2.75) is 13.5 Å². The van der Waals surface area contributed by atoms with Gasteiger partial charge in [-0.25, -0.2) is 4.99 Å². The van der Waals surface area contributed by atoms with E-state index in [0.717, 1.165) is 6.54 Å². The number of anilines is 1. The lowest BCUT2D eigenvalue weighted by atomic mass is 10.4. The van der Waals surface area contributed by atoms with Crippen LogP contribution in [-0.4, -0.2) is 29.9 Å². The van der Waals surface area contributed by atoms with Crippen LogP contribution in [0.15, 0.2) is 47.0 Å². The number of rotatable bonds is 6. The Bertz CT molecular complexity index is 598. The van der Waals surface area contributed by atoms with Gasteiger partial charge < -0.3 is 16.0 Å². The Morgan fingerprint density at radius 2 is 2.23 bits per heavy atom. The number of amides is 1. The molecule has 0 saturated heterocycles. The third kappa shape index (κ3) is 5.53. The molecule has 0 spiro atoms. The summed E-state index contributed by atoms with van der Waals surface area (Å²) in [5, 5.41) is 11.1. The van der Waals surface area contributed by atoms with E-state index in [-0.39, 0.29) is 12.5 Å². The first-order valence-electron chi connectivity index (χ1n) is 7.02. The van der Waals surface area contributed by atoms with Gasteiger partial charge in [0, 0.05) is 17.6 Å². The molecule has 0 aliphatic heterocycles. The summed E-state index contributed by atoms with van der Waals surface area (Å²) in [4.78, 5) is 21.3. The van der Waals surface area contributed by atoms with Crippen LogP contribution in [0, 0.1) is 0 Å². The molecule has 2 aromatic rings. The predicted molar refractivity (Wildman–Crippen MR) is 90.0 cm³/mol. The van der Waals surface area contributed by atoms with Crippen LogP contribution in [0.3, 0.4) is 0 Å². The maximum atomic E-state index is 11.9. The highest BCUT2D eigenvalue weighted by molar-refractivity contribution is 7.09. The Morgan fingerprint density at radius 1 is 1.32 bits per heavy atom. The number of guanidine groups is 1. The van der Waals surface area contributed by atoms with Gasteiger partial charge in [0.25, 0.3) is 0 Å². The molecule has 0 bridgehead atoms. The molecule has 1 amide bonds. The zero-order chi connectivity index (χ0) is 15.6. The van der Waals surface area contributed by atoms with Gasteiger partial charge in [0.15, 0.2) is 5.96 Å². The minimum absolute atomic E-state index is 0.0503. The molecule has 0 atom stereocenters. The number of carbonyl (C=O) groups excluding carboxylic acids is 1. The molecule has 7 heteroatoms. The Balaban J connectivity index is 1.84. The molecule has 3 N–H and O–H groups in total. The van der Waals surface area contributed by atoms with Crippen LogP contribution in [0.1, 0.15) is 11.8 Å². The van der Waals surface area contributed by atoms with E-state index in [2.05, 4.69) is 32.0 Å². The molecule has 0 unspecified atom stereocenters. The minimum Gasteiger partial charge on any atom is -0.357 e. The monoisotopic (exact) mass is 317 g/mol. The van der Waals surface area contributed by atoms with Gasteiger partial charge in [0.05, 0.1) is 18.4 Å². The topological polar surface area (TPSA) is 78.4 Å². The van der Waals surface area contributed by atoms with Crippen LogP contribution in [0.25, 0.3) is 0 Å². The van der Waals surface area contributed by atoms with Crippen LogP contribution in [-0.2, 0) is 11.3 Å². The number of thiophene rings is 1. The quantitative estimate of drug-likeness (QED) is 0.561. The highest BCUT2D eigenvalue weighted by Crippen LogP contribution is 2.07. The van der Waals surface area contributed by atoms with Crippen molar-refractivity contribution in [3.63, 3.8) is 0 Å². The van der Waals surface area contributed by atoms with E-state index < -0.39 is 0 Å². The van der Waals surface area contributed by atoms with Gasteiger partial charge in [0.1, 0.15) is 6.54 Å². The second-order valence-corrected chi connectivity index (χ2v) is 5.45. The molecule has 22 heavy (non-hydrogen) atoms. The molecule has 0 saturated carbocycles. The van der Waals surface area contributed by atoms with Crippen molar-refractivity contribution in [3.8, 4) is 0 Å². The Morgan fingerprint density at radius 3 is 2.91 bits per heavy atom. The molecular formula is C15H19N5OS. The van der Waals surface area contributed by atoms with Crippen molar-refractivity contribution in [1.29, 1.82) is 0 Å². The van der Waals surface area contributed by atoms with Crippen molar-refractivity contribution in [1.82, 2.24) is 15.6 Å². The summed E-state index contributed by atoms with van der Waals surface area (Å²) >= 11 is 1.68. The normalized spacial score (nSPS) is 11.0. The zero-order valence-electron chi connectivity index (χ0n) is 12.4. The third-order valence-electron chi connectivity index (χ3n) is 2.68. The molecule has 2 aromatic heterocycles. The SMILES string of the molecule is CCNC(=NCC(=O)Nc1cccnc1)NCc1cccs1. The van der Waals surface area contributed by atoms with Crippen molar-refractivity contribution in [2.24, 2.45) is 4.99 Å². The molecule has 0 aliphatic carbocycles. The summed E-state index contributed by atoms with van der Waals surface area (Å²) in [5.74, 6) is 0.443. The molecule has 2 rings (SSSR count). The van der Waals surface area contributed by atoms with Crippen molar-refractivity contribution >= 4 is 28.9 Å².